The first-order valence-electron chi connectivity index (χ1n) is 6.34. The maximum absolute atomic E-state index is 10.7. The molecule has 0 radical (unpaired) electrons. The Morgan fingerprint density at radius 3 is 2.62 bits per heavy atom. The zero-order valence-corrected chi connectivity index (χ0v) is 13.5. The van der Waals surface area contributed by atoms with Crippen molar-refractivity contribution < 1.29 is 14.6 Å². The third-order valence-electron chi connectivity index (χ3n) is 2.71. The average molecular weight is 395 g/mol. The first-order valence-corrected chi connectivity index (χ1v) is 7.41. The summed E-state index contributed by atoms with van der Waals surface area (Å²) in [6, 6.07) is 15.0. The van der Waals surface area contributed by atoms with Crippen molar-refractivity contribution in [3.05, 3.63) is 57.7 Å². The molecule has 0 amide bonds. The molecule has 0 unspecified atom stereocenters. The summed E-state index contributed by atoms with van der Waals surface area (Å²) in [5.74, 6) is -0.462. The van der Waals surface area contributed by atoms with Crippen molar-refractivity contribution in [2.75, 3.05) is 0 Å². The van der Waals surface area contributed by atoms with E-state index in [1.54, 1.807) is 18.3 Å². The summed E-state index contributed by atoms with van der Waals surface area (Å²) >= 11 is 2.24. The molecule has 0 bridgehead atoms. The molecule has 2 aromatic carbocycles. The molecule has 0 aliphatic carbocycles. The zero-order valence-electron chi connectivity index (χ0n) is 11.4. The molecular formula is C16H14INO3. The second-order valence-corrected chi connectivity index (χ2v) is 5.65. The van der Waals surface area contributed by atoms with Crippen molar-refractivity contribution in [2.45, 2.75) is 13.0 Å². The number of carbonyl (C=O) groups is 1. The average Bonchev–Trinajstić information content (AvgIpc) is 2.46. The van der Waals surface area contributed by atoms with Gasteiger partial charge >= 0.3 is 5.97 Å². The minimum Gasteiger partial charge on any atom is -0.479 e. The fraction of sp³-hybridized carbons (Fsp3) is 0.125. The SMILES string of the molecule is C[C@H](Oc1ccc(C=Nc2cccc(I)c2)cc1)C(=O)O. The number of carboxylic acid groups (broad SMARTS) is 1. The van der Waals surface area contributed by atoms with Gasteiger partial charge in [-0.3, -0.25) is 4.99 Å². The van der Waals surface area contributed by atoms with Gasteiger partial charge in [0.15, 0.2) is 6.10 Å². The molecule has 2 aromatic rings. The number of ether oxygens (including phenoxy) is 1. The van der Waals surface area contributed by atoms with Gasteiger partial charge in [-0.15, -0.1) is 0 Å². The lowest BCUT2D eigenvalue weighted by atomic mass is 10.2. The van der Waals surface area contributed by atoms with Crippen LogP contribution >= 0.6 is 22.6 Å². The highest BCUT2D eigenvalue weighted by molar-refractivity contribution is 14.1. The number of carboxylic acids is 1. The topological polar surface area (TPSA) is 58.9 Å². The van der Waals surface area contributed by atoms with E-state index in [0.29, 0.717) is 5.75 Å². The summed E-state index contributed by atoms with van der Waals surface area (Å²) in [4.78, 5) is 15.1. The second-order valence-electron chi connectivity index (χ2n) is 4.41. The van der Waals surface area contributed by atoms with Crippen LogP contribution in [0.15, 0.2) is 53.5 Å². The normalized spacial score (nSPS) is 12.3. The van der Waals surface area contributed by atoms with Crippen molar-refractivity contribution in [3.63, 3.8) is 0 Å². The maximum Gasteiger partial charge on any atom is 0.344 e. The Hall–Kier alpha value is -1.89. The number of hydrogen-bond acceptors (Lipinski definition) is 3. The molecule has 0 fully saturated rings. The van der Waals surface area contributed by atoms with Gasteiger partial charge in [0.25, 0.3) is 0 Å². The summed E-state index contributed by atoms with van der Waals surface area (Å²) < 4.78 is 6.40. The Morgan fingerprint density at radius 2 is 2.00 bits per heavy atom. The number of benzene rings is 2. The Morgan fingerprint density at radius 1 is 1.29 bits per heavy atom. The van der Waals surface area contributed by atoms with Gasteiger partial charge in [-0.2, -0.15) is 0 Å². The first-order chi connectivity index (χ1) is 10.0. The number of aliphatic carboxylic acids is 1. The zero-order chi connectivity index (χ0) is 15.2. The predicted octanol–water partition coefficient (Wildman–Crippen LogP) is 3.89. The molecule has 0 aromatic heterocycles. The van der Waals surface area contributed by atoms with Gasteiger partial charge in [0, 0.05) is 9.78 Å². The van der Waals surface area contributed by atoms with Gasteiger partial charge in [0.1, 0.15) is 5.75 Å². The molecule has 0 aliphatic heterocycles. The lowest BCUT2D eigenvalue weighted by Gasteiger charge is -2.09. The smallest absolute Gasteiger partial charge is 0.344 e. The van der Waals surface area contributed by atoms with E-state index in [4.69, 9.17) is 9.84 Å². The van der Waals surface area contributed by atoms with Crippen LogP contribution in [0.25, 0.3) is 0 Å². The highest BCUT2D eigenvalue weighted by atomic mass is 127. The van der Waals surface area contributed by atoms with Crippen molar-refractivity contribution >= 4 is 40.5 Å². The summed E-state index contributed by atoms with van der Waals surface area (Å²) in [7, 11) is 0. The Balaban J connectivity index is 2.04. The molecule has 0 spiro atoms. The highest BCUT2D eigenvalue weighted by Crippen LogP contribution is 2.17. The maximum atomic E-state index is 10.7. The third-order valence-corrected chi connectivity index (χ3v) is 3.38. The molecule has 4 nitrogen and oxygen atoms in total. The van der Waals surface area contributed by atoms with Crippen molar-refractivity contribution in [1.82, 2.24) is 0 Å². The van der Waals surface area contributed by atoms with E-state index >= 15 is 0 Å². The molecule has 5 heteroatoms. The monoisotopic (exact) mass is 395 g/mol. The first kappa shape index (κ1) is 15.5. The lowest BCUT2D eigenvalue weighted by Crippen LogP contribution is -2.22. The number of aliphatic imine (C=N–C) groups is 1. The van der Waals surface area contributed by atoms with E-state index in [-0.39, 0.29) is 0 Å². The molecule has 0 heterocycles. The van der Waals surface area contributed by atoms with Crippen LogP contribution in [0.4, 0.5) is 5.69 Å². The third kappa shape index (κ3) is 4.86. The Labute approximate surface area is 136 Å². The molecule has 1 atom stereocenters. The summed E-state index contributed by atoms with van der Waals surface area (Å²) in [6.45, 7) is 1.49. The van der Waals surface area contributed by atoms with Crippen LogP contribution in [0.1, 0.15) is 12.5 Å². The molecule has 1 N–H and O–H groups in total. The van der Waals surface area contributed by atoms with E-state index in [1.165, 1.54) is 6.92 Å². The number of halogens is 1. The summed E-state index contributed by atoms with van der Waals surface area (Å²) in [6.07, 6.45) is 0.895. The summed E-state index contributed by atoms with van der Waals surface area (Å²) in [5, 5.41) is 8.78. The van der Waals surface area contributed by atoms with Gasteiger partial charge in [-0.05, 0) is 77.5 Å². The van der Waals surface area contributed by atoms with E-state index in [0.717, 1.165) is 14.8 Å². The van der Waals surface area contributed by atoms with Crippen LogP contribution in [-0.2, 0) is 4.79 Å². The van der Waals surface area contributed by atoms with Crippen LogP contribution in [-0.4, -0.2) is 23.4 Å². The molecule has 108 valence electrons. The Kier molecular flexibility index (Phi) is 5.32. The Bertz CT molecular complexity index is 653. The van der Waals surface area contributed by atoms with Gasteiger partial charge in [-0.1, -0.05) is 6.07 Å². The fourth-order valence-electron chi connectivity index (χ4n) is 1.59. The molecular weight excluding hydrogens is 381 g/mol. The van der Waals surface area contributed by atoms with Crippen LogP contribution in [0.3, 0.4) is 0 Å². The summed E-state index contributed by atoms with van der Waals surface area (Å²) in [5.41, 5.74) is 1.81. The molecule has 2 rings (SSSR count). The van der Waals surface area contributed by atoms with Crippen LogP contribution in [0, 0.1) is 3.57 Å². The fourth-order valence-corrected chi connectivity index (χ4v) is 2.12. The van der Waals surface area contributed by atoms with Gasteiger partial charge in [-0.25, -0.2) is 4.79 Å². The standard InChI is InChI=1S/C16H14INO3/c1-11(16(19)20)21-15-7-5-12(6-8-15)10-18-14-4-2-3-13(17)9-14/h2-11H,1H3,(H,19,20)/t11-/m0/s1. The second kappa shape index (κ2) is 7.21. The minimum absolute atomic E-state index is 0.524. The van der Waals surface area contributed by atoms with Crippen LogP contribution in [0.2, 0.25) is 0 Å². The van der Waals surface area contributed by atoms with E-state index in [9.17, 15) is 4.79 Å². The minimum atomic E-state index is -0.987. The van der Waals surface area contributed by atoms with Crippen molar-refractivity contribution in [3.8, 4) is 5.75 Å². The molecule has 0 saturated heterocycles. The molecule has 0 saturated carbocycles. The van der Waals surface area contributed by atoms with Crippen molar-refractivity contribution in [2.24, 2.45) is 4.99 Å². The lowest BCUT2D eigenvalue weighted by molar-refractivity contribution is -0.144. The van der Waals surface area contributed by atoms with Gasteiger partial charge in [0.2, 0.25) is 0 Å². The number of rotatable bonds is 5. The quantitative estimate of drug-likeness (QED) is 0.617. The van der Waals surface area contributed by atoms with Crippen LogP contribution < -0.4 is 4.74 Å². The number of hydrogen-bond donors (Lipinski definition) is 1. The predicted molar refractivity (Wildman–Crippen MR) is 90.6 cm³/mol. The highest BCUT2D eigenvalue weighted by Gasteiger charge is 2.11. The number of nitrogens with zero attached hydrogens (tertiary/aromatic N) is 1. The molecule has 0 aliphatic rings. The van der Waals surface area contributed by atoms with E-state index in [1.807, 2.05) is 36.4 Å². The van der Waals surface area contributed by atoms with Gasteiger partial charge in [0.05, 0.1) is 5.69 Å². The van der Waals surface area contributed by atoms with Crippen molar-refractivity contribution in [1.29, 1.82) is 0 Å². The van der Waals surface area contributed by atoms with Crippen LogP contribution in [0.5, 0.6) is 5.75 Å². The van der Waals surface area contributed by atoms with E-state index in [2.05, 4.69) is 27.6 Å². The van der Waals surface area contributed by atoms with E-state index < -0.39 is 12.1 Å². The largest absolute Gasteiger partial charge is 0.479 e. The molecule has 21 heavy (non-hydrogen) atoms. The van der Waals surface area contributed by atoms with Gasteiger partial charge < -0.3 is 9.84 Å².